The van der Waals surface area contributed by atoms with E-state index in [0.717, 1.165) is 12.0 Å². The van der Waals surface area contributed by atoms with Crippen LogP contribution in [0, 0.1) is 11.8 Å². The van der Waals surface area contributed by atoms with Crippen molar-refractivity contribution in [1.29, 1.82) is 0 Å². The molecule has 21 heavy (non-hydrogen) atoms. The molecule has 1 aromatic carbocycles. The van der Waals surface area contributed by atoms with Gasteiger partial charge in [0, 0.05) is 6.04 Å². The predicted octanol–water partition coefficient (Wildman–Crippen LogP) is 3.43. The van der Waals surface area contributed by atoms with Gasteiger partial charge in [0.05, 0.1) is 11.0 Å². The fraction of sp³-hybridized carbons (Fsp3) is 0.647. The van der Waals surface area contributed by atoms with E-state index in [1.54, 1.807) is 0 Å². The van der Waals surface area contributed by atoms with E-state index in [-0.39, 0.29) is 17.7 Å². The smallest absolute Gasteiger partial charge is 0.155 e. The van der Waals surface area contributed by atoms with E-state index in [0.29, 0.717) is 5.92 Å². The van der Waals surface area contributed by atoms with Gasteiger partial charge in [0.2, 0.25) is 0 Å². The molecule has 1 N–H and O–H groups in total. The zero-order valence-corrected chi connectivity index (χ0v) is 14.7. The molecule has 0 aliphatic heterocycles. The van der Waals surface area contributed by atoms with Crippen LogP contribution in [0.15, 0.2) is 30.3 Å². The van der Waals surface area contributed by atoms with Crippen molar-refractivity contribution >= 4 is 9.84 Å². The molecule has 1 aromatic rings. The SMILES string of the molecule is CNC(c1ccccc1)C(C(C)C)S(=O)(=O)CCC(C)C. The summed E-state index contributed by atoms with van der Waals surface area (Å²) in [5, 5.41) is 2.81. The number of rotatable bonds is 8. The molecule has 0 aliphatic carbocycles. The molecule has 0 spiro atoms. The van der Waals surface area contributed by atoms with Crippen LogP contribution >= 0.6 is 0 Å². The molecule has 120 valence electrons. The van der Waals surface area contributed by atoms with Crippen molar-refractivity contribution < 1.29 is 8.42 Å². The average molecular weight is 311 g/mol. The molecule has 2 unspecified atom stereocenters. The normalized spacial score (nSPS) is 15.4. The van der Waals surface area contributed by atoms with E-state index in [1.807, 2.05) is 51.2 Å². The van der Waals surface area contributed by atoms with Crippen LogP contribution in [0.1, 0.15) is 45.7 Å². The Labute approximate surface area is 130 Å². The van der Waals surface area contributed by atoms with Gasteiger partial charge in [-0.1, -0.05) is 58.0 Å². The summed E-state index contributed by atoms with van der Waals surface area (Å²) in [6.07, 6.45) is 0.719. The lowest BCUT2D eigenvalue weighted by Crippen LogP contribution is -2.40. The van der Waals surface area contributed by atoms with Crippen molar-refractivity contribution in [2.24, 2.45) is 11.8 Å². The Balaban J connectivity index is 3.10. The average Bonchev–Trinajstić information content (AvgIpc) is 2.42. The Morgan fingerprint density at radius 3 is 2.05 bits per heavy atom. The minimum Gasteiger partial charge on any atom is -0.312 e. The van der Waals surface area contributed by atoms with Crippen molar-refractivity contribution in [2.45, 2.75) is 45.4 Å². The molecule has 1 rings (SSSR count). The lowest BCUT2D eigenvalue weighted by Gasteiger charge is -2.30. The number of benzene rings is 1. The summed E-state index contributed by atoms with van der Waals surface area (Å²) < 4.78 is 25.6. The highest BCUT2D eigenvalue weighted by Gasteiger charge is 2.35. The molecule has 0 aromatic heterocycles. The molecule has 0 bridgehead atoms. The molecule has 0 heterocycles. The Hall–Kier alpha value is -0.870. The van der Waals surface area contributed by atoms with E-state index < -0.39 is 15.1 Å². The highest BCUT2D eigenvalue weighted by Crippen LogP contribution is 2.29. The number of hydrogen-bond acceptors (Lipinski definition) is 3. The zero-order valence-electron chi connectivity index (χ0n) is 13.8. The summed E-state index contributed by atoms with van der Waals surface area (Å²) in [5.74, 6) is 0.732. The second-order valence-electron chi connectivity index (χ2n) is 6.44. The minimum absolute atomic E-state index is 0.0693. The quantitative estimate of drug-likeness (QED) is 0.800. The lowest BCUT2D eigenvalue weighted by molar-refractivity contribution is 0.439. The number of hydrogen-bond donors (Lipinski definition) is 1. The Morgan fingerprint density at radius 1 is 1.05 bits per heavy atom. The first kappa shape index (κ1) is 18.2. The second-order valence-corrected chi connectivity index (χ2v) is 8.71. The van der Waals surface area contributed by atoms with E-state index in [4.69, 9.17) is 0 Å². The fourth-order valence-corrected chi connectivity index (χ4v) is 5.33. The molecule has 0 aliphatic rings. The second kappa shape index (κ2) is 7.95. The Kier molecular flexibility index (Phi) is 6.88. The van der Waals surface area contributed by atoms with Gasteiger partial charge >= 0.3 is 0 Å². The summed E-state index contributed by atoms with van der Waals surface area (Å²) in [6.45, 7) is 8.11. The van der Waals surface area contributed by atoms with Gasteiger partial charge in [0.25, 0.3) is 0 Å². The van der Waals surface area contributed by atoms with Crippen LogP contribution in [-0.4, -0.2) is 26.5 Å². The van der Waals surface area contributed by atoms with Gasteiger partial charge in [-0.2, -0.15) is 0 Å². The van der Waals surface area contributed by atoms with Gasteiger partial charge in [-0.05, 0) is 30.9 Å². The maximum Gasteiger partial charge on any atom is 0.155 e. The summed E-state index contributed by atoms with van der Waals surface area (Å²) in [5.41, 5.74) is 1.03. The molecule has 0 radical (unpaired) electrons. The molecule has 0 saturated carbocycles. The molecule has 3 nitrogen and oxygen atoms in total. The first-order valence-electron chi connectivity index (χ1n) is 7.73. The maximum atomic E-state index is 12.8. The third kappa shape index (κ3) is 5.11. The summed E-state index contributed by atoms with van der Waals surface area (Å²) in [4.78, 5) is 0. The largest absolute Gasteiger partial charge is 0.312 e. The predicted molar refractivity (Wildman–Crippen MR) is 90.1 cm³/mol. The highest BCUT2D eigenvalue weighted by molar-refractivity contribution is 7.92. The van der Waals surface area contributed by atoms with Crippen LogP contribution in [0.25, 0.3) is 0 Å². The molecule has 0 amide bonds. The molecule has 0 saturated heterocycles. The standard InChI is InChI=1S/C17H29NO2S/c1-13(2)11-12-21(19,20)17(14(3)4)16(18-5)15-9-7-6-8-10-15/h6-10,13-14,16-18H,11-12H2,1-5H3. The topological polar surface area (TPSA) is 46.2 Å². The van der Waals surface area contributed by atoms with Crippen molar-refractivity contribution in [3.05, 3.63) is 35.9 Å². The monoisotopic (exact) mass is 311 g/mol. The third-order valence-corrected chi connectivity index (χ3v) is 6.30. The third-order valence-electron chi connectivity index (χ3n) is 3.85. The fourth-order valence-electron chi connectivity index (χ4n) is 2.72. The van der Waals surface area contributed by atoms with Gasteiger partial charge in [0.1, 0.15) is 0 Å². The van der Waals surface area contributed by atoms with Gasteiger partial charge in [-0.15, -0.1) is 0 Å². The number of sulfone groups is 1. The van der Waals surface area contributed by atoms with Crippen molar-refractivity contribution in [2.75, 3.05) is 12.8 Å². The maximum absolute atomic E-state index is 12.8. The Morgan fingerprint density at radius 2 is 1.62 bits per heavy atom. The van der Waals surface area contributed by atoms with Gasteiger partial charge in [-0.3, -0.25) is 0 Å². The molecule has 0 fully saturated rings. The van der Waals surface area contributed by atoms with Crippen LogP contribution in [0.4, 0.5) is 0 Å². The van der Waals surface area contributed by atoms with E-state index in [9.17, 15) is 8.42 Å². The molecule has 2 atom stereocenters. The Bertz CT molecular complexity index is 509. The van der Waals surface area contributed by atoms with Crippen LogP contribution in [0.3, 0.4) is 0 Å². The number of nitrogens with one attached hydrogen (secondary N) is 1. The first-order chi connectivity index (χ1) is 9.79. The summed E-state index contributed by atoms with van der Waals surface area (Å²) >= 11 is 0. The van der Waals surface area contributed by atoms with Crippen LogP contribution in [-0.2, 0) is 9.84 Å². The van der Waals surface area contributed by atoms with E-state index >= 15 is 0 Å². The van der Waals surface area contributed by atoms with Gasteiger partial charge in [-0.25, -0.2) is 8.42 Å². The lowest BCUT2D eigenvalue weighted by atomic mass is 9.96. The highest BCUT2D eigenvalue weighted by atomic mass is 32.2. The molecule has 4 heteroatoms. The van der Waals surface area contributed by atoms with Crippen LogP contribution in [0.5, 0.6) is 0 Å². The van der Waals surface area contributed by atoms with Gasteiger partial charge < -0.3 is 5.32 Å². The van der Waals surface area contributed by atoms with Crippen molar-refractivity contribution in [3.8, 4) is 0 Å². The minimum atomic E-state index is -3.14. The summed E-state index contributed by atoms with van der Waals surface area (Å²) in [6, 6.07) is 9.69. The van der Waals surface area contributed by atoms with Gasteiger partial charge in [0.15, 0.2) is 9.84 Å². The van der Waals surface area contributed by atoms with Crippen molar-refractivity contribution in [1.82, 2.24) is 5.32 Å². The van der Waals surface area contributed by atoms with Crippen molar-refractivity contribution in [3.63, 3.8) is 0 Å². The molecular formula is C17H29NO2S. The van der Waals surface area contributed by atoms with E-state index in [2.05, 4.69) is 19.2 Å². The van der Waals surface area contributed by atoms with E-state index in [1.165, 1.54) is 0 Å². The first-order valence-corrected chi connectivity index (χ1v) is 9.45. The zero-order chi connectivity index (χ0) is 16.0. The summed E-state index contributed by atoms with van der Waals surface area (Å²) in [7, 11) is -1.30. The van der Waals surface area contributed by atoms with Crippen LogP contribution < -0.4 is 5.32 Å². The molecular weight excluding hydrogens is 282 g/mol. The van der Waals surface area contributed by atoms with Crippen LogP contribution in [0.2, 0.25) is 0 Å².